The minimum Gasteiger partial charge on any atom is -0.399 e. The first-order chi connectivity index (χ1) is 7.76. The van der Waals surface area contributed by atoms with Crippen LogP contribution >= 0.6 is 0 Å². The molecule has 0 aromatic rings. The molecule has 0 spiro atoms. The van der Waals surface area contributed by atoms with Gasteiger partial charge >= 0.3 is 9.28 Å². The van der Waals surface area contributed by atoms with Crippen LogP contribution in [0.3, 0.4) is 0 Å². The van der Waals surface area contributed by atoms with Crippen LogP contribution in [0.25, 0.3) is 0 Å². The molecule has 2 aliphatic rings. The Morgan fingerprint density at radius 2 is 1.88 bits per heavy atom. The summed E-state index contributed by atoms with van der Waals surface area (Å²) in [6, 6.07) is 0. The fourth-order valence-corrected chi connectivity index (χ4v) is 5.57. The van der Waals surface area contributed by atoms with Gasteiger partial charge in [0.25, 0.3) is 0 Å². The molecule has 1 heterocycles. The molecule has 0 bridgehead atoms. The maximum atomic E-state index is 5.58. The second-order valence-corrected chi connectivity index (χ2v) is 7.85. The lowest BCUT2D eigenvalue weighted by atomic mass is 9.71. The van der Waals surface area contributed by atoms with Gasteiger partial charge in [0.1, 0.15) is 0 Å². The van der Waals surface area contributed by atoms with E-state index in [0.29, 0.717) is 5.67 Å². The highest BCUT2D eigenvalue weighted by Crippen LogP contribution is 2.40. The van der Waals surface area contributed by atoms with Gasteiger partial charge in [-0.1, -0.05) is 13.3 Å². The highest BCUT2D eigenvalue weighted by molar-refractivity contribution is 6.46. The smallest absolute Gasteiger partial charge is 0.338 e. The molecule has 4 atom stereocenters. The third-order valence-electron chi connectivity index (χ3n) is 4.42. The fourth-order valence-electron chi connectivity index (χ4n) is 3.56. The maximum absolute atomic E-state index is 5.58. The van der Waals surface area contributed by atoms with Gasteiger partial charge in [0, 0.05) is 14.2 Å². The second kappa shape index (κ2) is 5.62. The number of nitrogens with one attached hydrogen (secondary N) is 1. The fraction of sp³-hybridized carbons (Fsp3) is 1.00. The Bertz CT molecular complexity index is 221. The van der Waals surface area contributed by atoms with Gasteiger partial charge in [-0.05, 0) is 43.6 Å². The van der Waals surface area contributed by atoms with E-state index in [9.17, 15) is 0 Å². The number of piperidine rings is 1. The van der Waals surface area contributed by atoms with Crippen LogP contribution in [-0.4, -0.2) is 35.7 Å². The van der Waals surface area contributed by atoms with Crippen LogP contribution < -0.4 is 5.32 Å². The first-order valence-electron chi connectivity index (χ1n) is 6.55. The number of fused-ring (bicyclic) bond motifs is 1. The summed E-state index contributed by atoms with van der Waals surface area (Å²) in [5.41, 5.74) is 0.525. The van der Waals surface area contributed by atoms with E-state index in [0.717, 1.165) is 24.3 Å². The van der Waals surface area contributed by atoms with Crippen LogP contribution in [0.1, 0.15) is 32.6 Å². The van der Waals surface area contributed by atoms with E-state index in [1.807, 2.05) is 0 Å². The molecule has 2 rings (SSSR count). The van der Waals surface area contributed by atoms with Crippen molar-refractivity contribution in [3.8, 4) is 0 Å². The van der Waals surface area contributed by atoms with Crippen molar-refractivity contribution in [2.75, 3.05) is 20.8 Å². The molecule has 2 fully saturated rings. The Kier molecular flexibility index (Phi) is 4.41. The molecule has 1 aliphatic heterocycles. The Morgan fingerprint density at radius 1 is 1.12 bits per heavy atom. The van der Waals surface area contributed by atoms with Gasteiger partial charge in [0.2, 0.25) is 0 Å². The summed E-state index contributed by atoms with van der Waals surface area (Å²) < 4.78 is 11.2. The Morgan fingerprint density at radius 3 is 2.56 bits per heavy atom. The summed E-state index contributed by atoms with van der Waals surface area (Å²) in [4.78, 5) is 0. The van der Waals surface area contributed by atoms with Gasteiger partial charge in [-0.2, -0.15) is 0 Å². The Balaban J connectivity index is 2.05. The van der Waals surface area contributed by atoms with Crippen molar-refractivity contribution in [3.63, 3.8) is 0 Å². The molecule has 3 nitrogen and oxygen atoms in total. The molecule has 4 heteroatoms. The summed E-state index contributed by atoms with van der Waals surface area (Å²) >= 11 is 0. The zero-order valence-electron chi connectivity index (χ0n) is 10.7. The molecule has 16 heavy (non-hydrogen) atoms. The van der Waals surface area contributed by atoms with E-state index in [2.05, 4.69) is 12.2 Å². The maximum Gasteiger partial charge on any atom is 0.338 e. The van der Waals surface area contributed by atoms with Crippen molar-refractivity contribution < 1.29 is 8.85 Å². The molecule has 0 radical (unpaired) electrons. The van der Waals surface area contributed by atoms with Crippen LogP contribution in [0.5, 0.6) is 0 Å². The van der Waals surface area contributed by atoms with E-state index < -0.39 is 9.28 Å². The summed E-state index contributed by atoms with van der Waals surface area (Å²) in [5.74, 6) is 2.60. The van der Waals surface area contributed by atoms with Crippen molar-refractivity contribution in [1.82, 2.24) is 5.32 Å². The van der Waals surface area contributed by atoms with Gasteiger partial charge < -0.3 is 14.2 Å². The van der Waals surface area contributed by atoms with Crippen LogP contribution in [0.4, 0.5) is 0 Å². The molecule has 1 saturated carbocycles. The third kappa shape index (κ3) is 2.50. The largest absolute Gasteiger partial charge is 0.399 e. The Labute approximate surface area is 101 Å². The molecule has 0 amide bonds. The van der Waals surface area contributed by atoms with E-state index in [4.69, 9.17) is 8.85 Å². The zero-order valence-corrected chi connectivity index (χ0v) is 11.9. The standard InChI is InChI=1S/C12H25NO2Si/c1-9-4-5-10-6-7-13-12(11(10)8-9)16(14-2)15-3/h9-13,16H,4-8H2,1-3H3. The summed E-state index contributed by atoms with van der Waals surface area (Å²) in [6.45, 7) is 3.54. The Hall–Kier alpha value is 0.0969. The molecule has 94 valence electrons. The molecule has 1 N–H and O–H groups in total. The minimum atomic E-state index is -1.51. The lowest BCUT2D eigenvalue weighted by molar-refractivity contribution is 0.111. The first-order valence-corrected chi connectivity index (χ1v) is 8.16. The van der Waals surface area contributed by atoms with Crippen LogP contribution in [0.15, 0.2) is 0 Å². The first kappa shape index (κ1) is 12.6. The van der Waals surface area contributed by atoms with Gasteiger partial charge in [-0.25, -0.2) is 0 Å². The molecule has 4 unspecified atom stereocenters. The van der Waals surface area contributed by atoms with Gasteiger partial charge in [-0.3, -0.25) is 0 Å². The molecule has 1 saturated heterocycles. The number of hydrogen-bond donors (Lipinski definition) is 1. The molecule has 0 aromatic carbocycles. The lowest BCUT2D eigenvalue weighted by Gasteiger charge is -2.45. The monoisotopic (exact) mass is 243 g/mol. The highest BCUT2D eigenvalue weighted by Gasteiger charge is 2.41. The third-order valence-corrected chi connectivity index (χ3v) is 6.67. The summed E-state index contributed by atoms with van der Waals surface area (Å²) in [7, 11) is 2.10. The molecular formula is C12H25NO2Si. The van der Waals surface area contributed by atoms with Crippen LogP contribution in [0, 0.1) is 17.8 Å². The zero-order chi connectivity index (χ0) is 11.5. The predicted octanol–water partition coefficient (Wildman–Crippen LogP) is 1.45. The summed E-state index contributed by atoms with van der Waals surface area (Å²) in [5, 5.41) is 3.65. The average Bonchev–Trinajstić information content (AvgIpc) is 2.31. The van der Waals surface area contributed by atoms with Gasteiger partial charge in [-0.15, -0.1) is 0 Å². The number of rotatable bonds is 3. The van der Waals surface area contributed by atoms with E-state index in [1.54, 1.807) is 14.2 Å². The summed E-state index contributed by atoms with van der Waals surface area (Å²) in [6.07, 6.45) is 5.54. The van der Waals surface area contributed by atoms with E-state index in [1.165, 1.54) is 25.7 Å². The predicted molar refractivity (Wildman–Crippen MR) is 67.6 cm³/mol. The molecule has 1 aliphatic carbocycles. The van der Waals surface area contributed by atoms with Gasteiger partial charge in [0.05, 0.1) is 5.67 Å². The van der Waals surface area contributed by atoms with Crippen molar-refractivity contribution in [1.29, 1.82) is 0 Å². The quantitative estimate of drug-likeness (QED) is 0.761. The topological polar surface area (TPSA) is 30.5 Å². The minimum absolute atomic E-state index is 0.525. The second-order valence-electron chi connectivity index (χ2n) is 5.45. The van der Waals surface area contributed by atoms with Crippen molar-refractivity contribution in [3.05, 3.63) is 0 Å². The molecule has 0 aromatic heterocycles. The van der Waals surface area contributed by atoms with Crippen molar-refractivity contribution >= 4 is 9.28 Å². The van der Waals surface area contributed by atoms with E-state index in [-0.39, 0.29) is 0 Å². The average molecular weight is 243 g/mol. The highest BCUT2D eigenvalue weighted by atomic mass is 28.3. The van der Waals surface area contributed by atoms with Crippen molar-refractivity contribution in [2.24, 2.45) is 17.8 Å². The molecular weight excluding hydrogens is 218 g/mol. The van der Waals surface area contributed by atoms with Crippen molar-refractivity contribution in [2.45, 2.75) is 38.3 Å². The van der Waals surface area contributed by atoms with E-state index >= 15 is 0 Å². The van der Waals surface area contributed by atoms with Crippen LogP contribution in [0.2, 0.25) is 0 Å². The lowest BCUT2D eigenvalue weighted by Crippen LogP contribution is -2.57. The van der Waals surface area contributed by atoms with Gasteiger partial charge in [0.15, 0.2) is 0 Å². The van der Waals surface area contributed by atoms with Crippen LogP contribution in [-0.2, 0) is 8.85 Å². The number of hydrogen-bond acceptors (Lipinski definition) is 3. The normalized spacial score (nSPS) is 39.8. The SMILES string of the molecule is CO[SiH](OC)C1NCCC2CCC(C)CC21.